The second kappa shape index (κ2) is 9.78. The highest BCUT2D eigenvalue weighted by atomic mass is 19.4. The lowest BCUT2D eigenvalue weighted by Gasteiger charge is -2.36. The van der Waals surface area contributed by atoms with Crippen molar-refractivity contribution in [2.45, 2.75) is 26.1 Å². The lowest BCUT2D eigenvalue weighted by Crippen LogP contribution is -2.52. The summed E-state index contributed by atoms with van der Waals surface area (Å²) >= 11 is 0. The van der Waals surface area contributed by atoms with Crippen molar-refractivity contribution in [3.63, 3.8) is 0 Å². The average molecular weight is 409 g/mol. The molecule has 0 bridgehead atoms. The van der Waals surface area contributed by atoms with Crippen LogP contribution in [-0.2, 0) is 19.1 Å². The fourth-order valence-electron chi connectivity index (χ4n) is 3.24. The van der Waals surface area contributed by atoms with Gasteiger partial charge in [0.05, 0.1) is 11.3 Å². The number of aromatic nitrogens is 1. The fourth-order valence-corrected chi connectivity index (χ4v) is 3.24. The zero-order chi connectivity index (χ0) is 20.7. The van der Waals surface area contributed by atoms with E-state index in [4.69, 9.17) is 4.52 Å². The molecule has 9 heteroatoms. The van der Waals surface area contributed by atoms with Gasteiger partial charge in [-0.05, 0) is 31.0 Å². The number of nitrogens with zero attached hydrogens (tertiary/aromatic N) is 4. The summed E-state index contributed by atoms with van der Waals surface area (Å²) in [6.07, 6.45) is -2.12. The van der Waals surface area contributed by atoms with E-state index in [0.717, 1.165) is 68.6 Å². The van der Waals surface area contributed by atoms with E-state index in [2.05, 4.69) is 25.3 Å². The predicted molar refractivity (Wildman–Crippen MR) is 104 cm³/mol. The van der Waals surface area contributed by atoms with Crippen molar-refractivity contribution in [2.75, 3.05) is 39.3 Å². The molecule has 2 aromatic rings. The SMILES string of the molecule is CCNC(=NCCc1ccc(C(F)(F)F)cc1)N1CCN(Cc2ccon2)CC1. The maximum absolute atomic E-state index is 12.7. The summed E-state index contributed by atoms with van der Waals surface area (Å²) in [7, 11) is 0. The number of nitrogens with one attached hydrogen (secondary N) is 1. The van der Waals surface area contributed by atoms with Gasteiger partial charge < -0.3 is 14.7 Å². The molecule has 1 aliphatic heterocycles. The summed E-state index contributed by atoms with van der Waals surface area (Å²) in [6, 6.07) is 7.16. The lowest BCUT2D eigenvalue weighted by atomic mass is 10.1. The Balaban J connectivity index is 1.51. The quantitative estimate of drug-likeness (QED) is 0.587. The van der Waals surface area contributed by atoms with E-state index >= 15 is 0 Å². The van der Waals surface area contributed by atoms with Crippen molar-refractivity contribution in [1.82, 2.24) is 20.3 Å². The average Bonchev–Trinajstić information content (AvgIpc) is 3.21. The third-order valence-electron chi connectivity index (χ3n) is 4.83. The number of aliphatic imine (C=N–C) groups is 1. The Morgan fingerprint density at radius 3 is 2.45 bits per heavy atom. The van der Waals surface area contributed by atoms with Crippen LogP contribution in [0.3, 0.4) is 0 Å². The minimum Gasteiger partial charge on any atom is -0.364 e. The van der Waals surface area contributed by atoms with Crippen LogP contribution in [0.15, 0.2) is 46.1 Å². The molecule has 3 rings (SSSR count). The molecule has 0 aliphatic carbocycles. The highest BCUT2D eigenvalue weighted by Crippen LogP contribution is 2.29. The molecule has 29 heavy (non-hydrogen) atoms. The molecule has 0 atom stereocenters. The Morgan fingerprint density at radius 1 is 1.14 bits per heavy atom. The maximum Gasteiger partial charge on any atom is 0.416 e. The predicted octanol–water partition coefficient (Wildman–Crippen LogP) is 3.02. The zero-order valence-corrected chi connectivity index (χ0v) is 16.5. The van der Waals surface area contributed by atoms with Crippen molar-refractivity contribution in [1.29, 1.82) is 0 Å². The first-order chi connectivity index (χ1) is 14.0. The van der Waals surface area contributed by atoms with Crippen molar-refractivity contribution in [3.05, 3.63) is 53.4 Å². The van der Waals surface area contributed by atoms with Crippen molar-refractivity contribution in [3.8, 4) is 0 Å². The van der Waals surface area contributed by atoms with E-state index < -0.39 is 11.7 Å². The van der Waals surface area contributed by atoms with Crippen LogP contribution in [0.2, 0.25) is 0 Å². The fraction of sp³-hybridized carbons (Fsp3) is 0.500. The minimum atomic E-state index is -4.30. The smallest absolute Gasteiger partial charge is 0.364 e. The van der Waals surface area contributed by atoms with Crippen molar-refractivity contribution >= 4 is 5.96 Å². The molecule has 158 valence electrons. The molecule has 1 saturated heterocycles. The maximum atomic E-state index is 12.7. The Kier molecular flexibility index (Phi) is 7.13. The summed E-state index contributed by atoms with van der Waals surface area (Å²) in [6.45, 7) is 7.57. The van der Waals surface area contributed by atoms with Crippen LogP contribution in [0.25, 0.3) is 0 Å². The normalized spacial score (nSPS) is 16.3. The van der Waals surface area contributed by atoms with Gasteiger partial charge in [-0.2, -0.15) is 13.2 Å². The Morgan fingerprint density at radius 2 is 1.86 bits per heavy atom. The molecule has 0 saturated carbocycles. The van der Waals surface area contributed by atoms with E-state index in [9.17, 15) is 13.2 Å². The van der Waals surface area contributed by atoms with Gasteiger partial charge in [-0.25, -0.2) is 0 Å². The summed E-state index contributed by atoms with van der Waals surface area (Å²) in [4.78, 5) is 9.21. The number of rotatable bonds is 6. The molecule has 1 aliphatic rings. The molecule has 1 aromatic heterocycles. The second-order valence-corrected chi connectivity index (χ2v) is 6.93. The van der Waals surface area contributed by atoms with Crippen LogP contribution in [0, 0.1) is 0 Å². The van der Waals surface area contributed by atoms with E-state index in [-0.39, 0.29) is 0 Å². The number of benzene rings is 1. The van der Waals surface area contributed by atoms with Gasteiger partial charge in [0.15, 0.2) is 5.96 Å². The third kappa shape index (κ3) is 6.22. The van der Waals surface area contributed by atoms with Gasteiger partial charge in [0.2, 0.25) is 0 Å². The topological polar surface area (TPSA) is 56.9 Å². The number of hydrogen-bond donors (Lipinski definition) is 1. The molecule has 1 fully saturated rings. The van der Waals surface area contributed by atoms with Gasteiger partial charge in [-0.1, -0.05) is 17.3 Å². The monoisotopic (exact) mass is 409 g/mol. The van der Waals surface area contributed by atoms with Gasteiger partial charge in [-0.15, -0.1) is 0 Å². The zero-order valence-electron chi connectivity index (χ0n) is 16.5. The number of halogens is 3. The molecule has 1 N–H and O–H groups in total. The molecular weight excluding hydrogens is 383 g/mol. The molecule has 6 nitrogen and oxygen atoms in total. The number of hydrogen-bond acceptors (Lipinski definition) is 4. The highest BCUT2D eigenvalue weighted by molar-refractivity contribution is 5.80. The first kappa shape index (κ1) is 21.2. The third-order valence-corrected chi connectivity index (χ3v) is 4.83. The number of alkyl halides is 3. The molecule has 0 radical (unpaired) electrons. The van der Waals surface area contributed by atoms with Gasteiger partial charge in [0.1, 0.15) is 6.26 Å². The van der Waals surface area contributed by atoms with Crippen LogP contribution >= 0.6 is 0 Å². The number of guanidine groups is 1. The molecule has 0 spiro atoms. The minimum absolute atomic E-state index is 0.521. The van der Waals surface area contributed by atoms with E-state index in [1.54, 1.807) is 6.26 Å². The van der Waals surface area contributed by atoms with E-state index in [1.807, 2.05) is 13.0 Å². The lowest BCUT2D eigenvalue weighted by molar-refractivity contribution is -0.137. The summed E-state index contributed by atoms with van der Waals surface area (Å²) in [5.74, 6) is 0.848. The molecule has 1 aromatic carbocycles. The van der Waals surface area contributed by atoms with Crippen LogP contribution in [-0.4, -0.2) is 60.2 Å². The first-order valence-corrected chi connectivity index (χ1v) is 9.76. The summed E-state index contributed by atoms with van der Waals surface area (Å²) in [5, 5.41) is 7.26. The Hall–Kier alpha value is -2.55. The van der Waals surface area contributed by atoms with Gasteiger partial charge in [-0.3, -0.25) is 9.89 Å². The van der Waals surface area contributed by atoms with Gasteiger partial charge in [0.25, 0.3) is 0 Å². The summed E-state index contributed by atoms with van der Waals surface area (Å²) in [5.41, 5.74) is 1.15. The Labute approximate surface area is 168 Å². The standard InChI is InChI=1S/C20H26F3N5O/c1-2-24-19(25-9-7-16-3-5-17(6-4-16)20(21,22)23)28-12-10-27(11-13-28)15-18-8-14-29-26-18/h3-6,8,14H,2,7,9-13,15H2,1H3,(H,24,25). The van der Waals surface area contributed by atoms with Crippen LogP contribution in [0.4, 0.5) is 13.2 Å². The molecule has 0 amide bonds. The first-order valence-electron chi connectivity index (χ1n) is 9.76. The summed E-state index contributed by atoms with van der Waals surface area (Å²) < 4.78 is 42.8. The molecule has 2 heterocycles. The van der Waals surface area contributed by atoms with Gasteiger partial charge >= 0.3 is 6.18 Å². The highest BCUT2D eigenvalue weighted by Gasteiger charge is 2.29. The molecular formula is C20H26F3N5O. The number of piperazine rings is 1. The van der Waals surface area contributed by atoms with Gasteiger partial charge in [0, 0.05) is 51.9 Å². The van der Waals surface area contributed by atoms with Crippen LogP contribution in [0.5, 0.6) is 0 Å². The van der Waals surface area contributed by atoms with Crippen molar-refractivity contribution < 1.29 is 17.7 Å². The van der Waals surface area contributed by atoms with E-state index in [1.165, 1.54) is 12.1 Å². The Bertz CT molecular complexity index is 766. The van der Waals surface area contributed by atoms with Crippen LogP contribution in [0.1, 0.15) is 23.7 Å². The van der Waals surface area contributed by atoms with Crippen molar-refractivity contribution in [2.24, 2.45) is 4.99 Å². The second-order valence-electron chi connectivity index (χ2n) is 6.93. The molecule has 0 unspecified atom stereocenters. The largest absolute Gasteiger partial charge is 0.416 e. The van der Waals surface area contributed by atoms with E-state index in [0.29, 0.717) is 13.0 Å². The van der Waals surface area contributed by atoms with Crippen LogP contribution < -0.4 is 5.32 Å².